The quantitative estimate of drug-likeness (QED) is 0.262. The molecule has 0 aliphatic heterocycles. The van der Waals surface area contributed by atoms with Crippen molar-refractivity contribution in [2.45, 2.75) is 27.1 Å². The zero-order valence-corrected chi connectivity index (χ0v) is 18.7. The molecule has 0 aliphatic carbocycles. The standard InChI is InChI=1S/C28H25NO4/c1-20-13-14-25-24(16-21(2)27(30)32-18-22-9-5-3-6-10-22)17-29(26(25)15-20)28(31)33-19-23-11-7-4-8-12-23/h3-17H,18-19H2,1-2H3/b21-16+. The van der Waals surface area contributed by atoms with Gasteiger partial charge in [-0.1, -0.05) is 72.8 Å². The highest BCUT2D eigenvalue weighted by molar-refractivity contribution is 6.00. The summed E-state index contributed by atoms with van der Waals surface area (Å²) in [5.74, 6) is -0.404. The Labute approximate surface area is 192 Å². The SMILES string of the molecule is C/C(=C\c1cn(C(=O)OCc2ccccc2)c2cc(C)ccc12)C(=O)OCc1ccccc1. The van der Waals surface area contributed by atoms with E-state index in [-0.39, 0.29) is 13.2 Å². The fourth-order valence-corrected chi connectivity index (χ4v) is 3.55. The third kappa shape index (κ3) is 5.39. The Balaban J connectivity index is 1.56. The van der Waals surface area contributed by atoms with Crippen LogP contribution >= 0.6 is 0 Å². The molecule has 1 aromatic heterocycles. The fourth-order valence-electron chi connectivity index (χ4n) is 3.55. The summed E-state index contributed by atoms with van der Waals surface area (Å²) >= 11 is 0. The monoisotopic (exact) mass is 439 g/mol. The van der Waals surface area contributed by atoms with Gasteiger partial charge in [0.05, 0.1) is 5.52 Å². The van der Waals surface area contributed by atoms with E-state index in [1.165, 1.54) is 4.57 Å². The number of rotatable bonds is 6. The van der Waals surface area contributed by atoms with Crippen molar-refractivity contribution in [3.8, 4) is 0 Å². The van der Waals surface area contributed by atoms with Crippen molar-refractivity contribution in [2.24, 2.45) is 0 Å². The number of hydrogen-bond acceptors (Lipinski definition) is 4. The molecule has 166 valence electrons. The summed E-state index contributed by atoms with van der Waals surface area (Å²) in [5.41, 5.74) is 4.78. The Morgan fingerprint density at radius 2 is 1.45 bits per heavy atom. The zero-order valence-electron chi connectivity index (χ0n) is 18.7. The van der Waals surface area contributed by atoms with Crippen LogP contribution in [-0.2, 0) is 27.5 Å². The van der Waals surface area contributed by atoms with Crippen LogP contribution in [0.1, 0.15) is 29.2 Å². The van der Waals surface area contributed by atoms with Crippen LogP contribution in [0.2, 0.25) is 0 Å². The molecule has 0 spiro atoms. The van der Waals surface area contributed by atoms with Crippen LogP contribution in [-0.4, -0.2) is 16.6 Å². The van der Waals surface area contributed by atoms with E-state index in [9.17, 15) is 9.59 Å². The molecule has 0 unspecified atom stereocenters. The predicted octanol–water partition coefficient (Wildman–Crippen LogP) is 6.28. The van der Waals surface area contributed by atoms with Gasteiger partial charge in [-0.25, -0.2) is 9.59 Å². The lowest BCUT2D eigenvalue weighted by molar-refractivity contribution is -0.140. The number of ether oxygens (including phenoxy) is 2. The number of benzene rings is 3. The number of aromatic nitrogens is 1. The first kappa shape index (κ1) is 22.1. The van der Waals surface area contributed by atoms with Crippen molar-refractivity contribution in [3.05, 3.63) is 113 Å². The lowest BCUT2D eigenvalue weighted by Crippen LogP contribution is -2.12. The molecule has 0 amide bonds. The minimum Gasteiger partial charge on any atom is -0.457 e. The summed E-state index contributed by atoms with van der Waals surface area (Å²) in [4.78, 5) is 25.4. The molecule has 0 N–H and O–H groups in total. The van der Waals surface area contributed by atoms with Gasteiger partial charge in [0.2, 0.25) is 0 Å². The van der Waals surface area contributed by atoms with E-state index in [2.05, 4.69) is 0 Å². The Morgan fingerprint density at radius 1 is 0.848 bits per heavy atom. The van der Waals surface area contributed by atoms with Crippen LogP contribution in [0.15, 0.2) is 90.6 Å². The van der Waals surface area contributed by atoms with E-state index < -0.39 is 12.1 Å². The highest BCUT2D eigenvalue weighted by atomic mass is 16.5. The van der Waals surface area contributed by atoms with Gasteiger partial charge in [0.15, 0.2) is 0 Å². The third-order valence-electron chi connectivity index (χ3n) is 5.30. The minimum atomic E-state index is -0.474. The zero-order chi connectivity index (χ0) is 23.2. The second-order valence-electron chi connectivity index (χ2n) is 7.90. The maximum Gasteiger partial charge on any atom is 0.418 e. The van der Waals surface area contributed by atoms with E-state index in [1.54, 1.807) is 19.2 Å². The summed E-state index contributed by atoms with van der Waals surface area (Å²) in [7, 11) is 0. The molecule has 0 saturated carbocycles. The summed E-state index contributed by atoms with van der Waals surface area (Å²) in [6.45, 7) is 4.06. The van der Waals surface area contributed by atoms with E-state index in [0.717, 1.165) is 33.2 Å². The second kappa shape index (κ2) is 10.0. The van der Waals surface area contributed by atoms with Gasteiger partial charge in [-0.3, -0.25) is 4.57 Å². The summed E-state index contributed by atoms with van der Waals surface area (Å²) in [6, 6.07) is 24.9. The van der Waals surface area contributed by atoms with Crippen molar-refractivity contribution >= 4 is 29.0 Å². The van der Waals surface area contributed by atoms with Gasteiger partial charge in [-0.2, -0.15) is 0 Å². The Bertz CT molecular complexity index is 1300. The van der Waals surface area contributed by atoms with Gasteiger partial charge >= 0.3 is 12.1 Å². The minimum absolute atomic E-state index is 0.182. The van der Waals surface area contributed by atoms with Crippen molar-refractivity contribution in [1.82, 2.24) is 4.57 Å². The van der Waals surface area contributed by atoms with Crippen LogP contribution in [0.5, 0.6) is 0 Å². The van der Waals surface area contributed by atoms with E-state index in [0.29, 0.717) is 5.57 Å². The van der Waals surface area contributed by atoms with Gasteiger partial charge in [-0.05, 0) is 42.7 Å². The molecular formula is C28H25NO4. The normalized spacial score (nSPS) is 11.4. The molecule has 0 fully saturated rings. The van der Waals surface area contributed by atoms with Crippen LogP contribution in [0.3, 0.4) is 0 Å². The molecule has 0 radical (unpaired) electrons. The molecule has 3 aromatic carbocycles. The summed E-state index contributed by atoms with van der Waals surface area (Å²) < 4.78 is 12.4. The lowest BCUT2D eigenvalue weighted by Gasteiger charge is -2.07. The van der Waals surface area contributed by atoms with Gasteiger partial charge in [0, 0.05) is 22.7 Å². The van der Waals surface area contributed by atoms with Crippen LogP contribution < -0.4 is 0 Å². The fraction of sp³-hybridized carbons (Fsp3) is 0.143. The largest absolute Gasteiger partial charge is 0.457 e. The number of nitrogens with zero attached hydrogens (tertiary/aromatic N) is 1. The van der Waals surface area contributed by atoms with E-state index in [4.69, 9.17) is 9.47 Å². The number of carbonyl (C=O) groups excluding carboxylic acids is 2. The van der Waals surface area contributed by atoms with Crippen LogP contribution in [0.4, 0.5) is 4.79 Å². The number of esters is 1. The predicted molar refractivity (Wildman–Crippen MR) is 129 cm³/mol. The van der Waals surface area contributed by atoms with Gasteiger partial charge in [-0.15, -0.1) is 0 Å². The summed E-state index contributed by atoms with van der Waals surface area (Å²) in [5, 5.41) is 0.854. The first-order valence-electron chi connectivity index (χ1n) is 10.7. The molecule has 4 aromatic rings. The highest BCUT2D eigenvalue weighted by Gasteiger charge is 2.16. The molecule has 5 heteroatoms. The van der Waals surface area contributed by atoms with Gasteiger partial charge in [0.1, 0.15) is 13.2 Å². The van der Waals surface area contributed by atoms with Crippen molar-refractivity contribution < 1.29 is 19.1 Å². The smallest absolute Gasteiger partial charge is 0.418 e. The summed E-state index contributed by atoms with van der Waals surface area (Å²) in [6.07, 6.45) is 2.97. The average Bonchev–Trinajstić information content (AvgIpc) is 3.19. The van der Waals surface area contributed by atoms with Gasteiger partial charge in [0.25, 0.3) is 0 Å². The highest BCUT2D eigenvalue weighted by Crippen LogP contribution is 2.25. The Hall–Kier alpha value is -4.12. The number of fused-ring (bicyclic) bond motifs is 1. The molecular weight excluding hydrogens is 414 g/mol. The van der Waals surface area contributed by atoms with Crippen molar-refractivity contribution in [3.63, 3.8) is 0 Å². The first-order chi connectivity index (χ1) is 16.0. The van der Waals surface area contributed by atoms with Crippen molar-refractivity contribution in [1.29, 1.82) is 0 Å². The molecule has 0 saturated heterocycles. The van der Waals surface area contributed by atoms with Crippen LogP contribution in [0, 0.1) is 6.92 Å². The molecule has 1 heterocycles. The molecule has 33 heavy (non-hydrogen) atoms. The Morgan fingerprint density at radius 3 is 2.09 bits per heavy atom. The number of carbonyl (C=O) groups is 2. The maximum atomic E-state index is 12.9. The van der Waals surface area contributed by atoms with Crippen LogP contribution in [0.25, 0.3) is 17.0 Å². The average molecular weight is 440 g/mol. The van der Waals surface area contributed by atoms with Gasteiger partial charge < -0.3 is 9.47 Å². The maximum absolute atomic E-state index is 12.9. The molecule has 5 nitrogen and oxygen atoms in total. The molecule has 0 aliphatic rings. The molecule has 4 rings (SSSR count). The lowest BCUT2D eigenvalue weighted by atomic mass is 10.1. The third-order valence-corrected chi connectivity index (χ3v) is 5.30. The van der Waals surface area contributed by atoms with E-state index >= 15 is 0 Å². The topological polar surface area (TPSA) is 57.5 Å². The Kier molecular flexibility index (Phi) is 6.69. The first-order valence-corrected chi connectivity index (χ1v) is 10.7. The number of aryl methyl sites for hydroxylation is 1. The van der Waals surface area contributed by atoms with Crippen molar-refractivity contribution in [2.75, 3.05) is 0 Å². The number of hydrogen-bond donors (Lipinski definition) is 0. The van der Waals surface area contributed by atoms with E-state index in [1.807, 2.05) is 85.8 Å². The molecule has 0 atom stereocenters. The second-order valence-corrected chi connectivity index (χ2v) is 7.90. The molecule has 0 bridgehead atoms.